The van der Waals surface area contributed by atoms with Gasteiger partial charge in [-0.05, 0) is 24.7 Å². The van der Waals surface area contributed by atoms with Gasteiger partial charge in [-0.25, -0.2) is 0 Å². The minimum Gasteiger partial charge on any atom is -0.471 e. The van der Waals surface area contributed by atoms with Gasteiger partial charge in [0.15, 0.2) is 0 Å². The maximum atomic E-state index is 12.8. The summed E-state index contributed by atoms with van der Waals surface area (Å²) < 4.78 is 3.86. The van der Waals surface area contributed by atoms with Crippen LogP contribution in [0, 0.1) is 17.3 Å². The first kappa shape index (κ1) is 27.6. The summed E-state index contributed by atoms with van der Waals surface area (Å²) in [6.07, 6.45) is 2.29. The number of nitrogens with one attached hydrogen (secondary N) is 1. The van der Waals surface area contributed by atoms with E-state index >= 15 is 0 Å². The van der Waals surface area contributed by atoms with Gasteiger partial charge >= 0.3 is 0 Å². The van der Waals surface area contributed by atoms with Crippen LogP contribution in [0.1, 0.15) is 75.2 Å². The zero-order valence-electron chi connectivity index (χ0n) is 19.1. The maximum absolute atomic E-state index is 12.8. The van der Waals surface area contributed by atoms with E-state index in [2.05, 4.69) is 37.7 Å². The Morgan fingerprint density at radius 1 is 1.22 bits per heavy atom. The standard InChI is InChI=1S/C16H30N2O2.C3H8.C2H4O2/c1-10(2)14(19)17-13(16(5,6)7)15(20)18-9-11(3)8-12(18)4;1-3-2;1-4-2-3/h10-13H,8-9H2,1-7H3,(H,17,19);3H2,1-2H3;2H,1H3/t11-,12?,13-;;/m1../s1. The van der Waals surface area contributed by atoms with Crippen molar-refractivity contribution in [1.29, 1.82) is 0 Å². The Morgan fingerprint density at radius 2 is 1.67 bits per heavy atom. The normalized spacial score (nSPS) is 19.9. The number of hydrogen-bond donors (Lipinski definition) is 1. The highest BCUT2D eigenvalue weighted by molar-refractivity contribution is 5.89. The molecule has 1 aliphatic rings. The van der Waals surface area contributed by atoms with Crippen molar-refractivity contribution in [3.05, 3.63) is 0 Å². The number of amides is 2. The highest BCUT2D eigenvalue weighted by atomic mass is 16.5. The Morgan fingerprint density at radius 3 is 1.93 bits per heavy atom. The van der Waals surface area contributed by atoms with Crippen LogP contribution in [0.25, 0.3) is 0 Å². The van der Waals surface area contributed by atoms with Crippen LogP contribution in [-0.2, 0) is 19.1 Å². The van der Waals surface area contributed by atoms with Gasteiger partial charge in [0, 0.05) is 18.5 Å². The van der Waals surface area contributed by atoms with Crippen molar-refractivity contribution < 1.29 is 19.1 Å². The number of methoxy groups -OCH3 is 1. The molecule has 6 heteroatoms. The van der Waals surface area contributed by atoms with Crippen LogP contribution >= 0.6 is 0 Å². The quantitative estimate of drug-likeness (QED) is 0.749. The molecule has 3 atom stereocenters. The average molecular weight is 387 g/mol. The van der Waals surface area contributed by atoms with E-state index in [-0.39, 0.29) is 29.2 Å². The topological polar surface area (TPSA) is 75.7 Å². The number of rotatable bonds is 4. The lowest BCUT2D eigenvalue weighted by atomic mass is 9.85. The summed E-state index contributed by atoms with van der Waals surface area (Å²) in [6.45, 7) is 19.4. The van der Waals surface area contributed by atoms with Crippen molar-refractivity contribution in [3.63, 3.8) is 0 Å². The Labute approximate surface area is 166 Å². The molecule has 1 fully saturated rings. The first-order valence-corrected chi connectivity index (χ1v) is 9.94. The van der Waals surface area contributed by atoms with Crippen molar-refractivity contribution in [1.82, 2.24) is 10.2 Å². The van der Waals surface area contributed by atoms with Crippen LogP contribution in [0.4, 0.5) is 0 Å². The molecule has 1 heterocycles. The van der Waals surface area contributed by atoms with Crippen LogP contribution in [0.15, 0.2) is 0 Å². The molecule has 27 heavy (non-hydrogen) atoms. The molecule has 0 aliphatic carbocycles. The third-order valence-corrected chi connectivity index (χ3v) is 4.09. The number of hydrogen-bond acceptors (Lipinski definition) is 4. The van der Waals surface area contributed by atoms with E-state index in [0.29, 0.717) is 12.4 Å². The van der Waals surface area contributed by atoms with Gasteiger partial charge < -0.3 is 15.0 Å². The fraction of sp³-hybridized carbons (Fsp3) is 0.857. The van der Waals surface area contributed by atoms with Gasteiger partial charge in [-0.3, -0.25) is 14.4 Å². The Kier molecular flexibility index (Phi) is 13.9. The minimum absolute atomic E-state index is 0.0572. The zero-order chi connectivity index (χ0) is 21.8. The predicted molar refractivity (Wildman–Crippen MR) is 110 cm³/mol. The first-order chi connectivity index (χ1) is 12.4. The summed E-state index contributed by atoms with van der Waals surface area (Å²) in [6, 6.07) is -0.191. The van der Waals surface area contributed by atoms with Crippen molar-refractivity contribution in [2.45, 2.75) is 87.2 Å². The molecule has 0 saturated carbocycles. The first-order valence-electron chi connectivity index (χ1n) is 9.94. The molecule has 0 aromatic carbocycles. The maximum Gasteiger partial charge on any atom is 0.292 e. The van der Waals surface area contributed by atoms with Crippen LogP contribution in [-0.4, -0.2) is 48.9 Å². The van der Waals surface area contributed by atoms with Gasteiger partial charge in [-0.15, -0.1) is 0 Å². The molecular formula is C21H42N2O4. The Balaban J connectivity index is 0. The number of carbonyl (C=O) groups is 3. The summed E-state index contributed by atoms with van der Waals surface area (Å²) in [4.78, 5) is 35.7. The summed E-state index contributed by atoms with van der Waals surface area (Å²) in [5.41, 5.74) is -0.285. The second-order valence-electron chi connectivity index (χ2n) is 8.68. The molecule has 6 nitrogen and oxygen atoms in total. The molecule has 1 saturated heterocycles. The van der Waals surface area contributed by atoms with E-state index in [1.54, 1.807) is 0 Å². The van der Waals surface area contributed by atoms with E-state index in [4.69, 9.17) is 4.79 Å². The predicted octanol–water partition coefficient (Wildman–Crippen LogP) is 3.64. The summed E-state index contributed by atoms with van der Waals surface area (Å²) in [7, 11) is 1.31. The SMILES string of the molecule is CC(C)C(=O)N[C@H](C(=O)N1C[C@H](C)CC1C)C(C)(C)C.CCC.COC=O. The molecule has 0 spiro atoms. The number of carbonyl (C=O) groups excluding carboxylic acids is 3. The lowest BCUT2D eigenvalue weighted by Gasteiger charge is -2.35. The van der Waals surface area contributed by atoms with E-state index in [0.717, 1.165) is 13.0 Å². The molecule has 0 radical (unpaired) electrons. The van der Waals surface area contributed by atoms with Crippen LogP contribution in [0.2, 0.25) is 0 Å². The fourth-order valence-corrected chi connectivity index (χ4v) is 2.73. The lowest BCUT2D eigenvalue weighted by molar-refractivity contribution is -0.140. The van der Waals surface area contributed by atoms with Crippen LogP contribution < -0.4 is 5.32 Å². The number of likely N-dealkylation sites (tertiary alicyclic amines) is 1. The summed E-state index contributed by atoms with van der Waals surface area (Å²) in [5.74, 6) is 0.430. The monoisotopic (exact) mass is 386 g/mol. The summed E-state index contributed by atoms with van der Waals surface area (Å²) >= 11 is 0. The number of nitrogens with zero attached hydrogens (tertiary/aromatic N) is 1. The molecule has 0 bridgehead atoms. The largest absolute Gasteiger partial charge is 0.471 e. The van der Waals surface area contributed by atoms with E-state index < -0.39 is 6.04 Å². The highest BCUT2D eigenvalue weighted by Gasteiger charge is 2.40. The van der Waals surface area contributed by atoms with Gasteiger partial charge in [0.1, 0.15) is 6.04 Å². The molecule has 2 amide bonds. The van der Waals surface area contributed by atoms with Crippen molar-refractivity contribution in [2.24, 2.45) is 17.3 Å². The third-order valence-electron chi connectivity index (χ3n) is 4.09. The van der Waals surface area contributed by atoms with Crippen molar-refractivity contribution in [3.8, 4) is 0 Å². The van der Waals surface area contributed by atoms with Gasteiger partial charge in [0.05, 0.1) is 7.11 Å². The Bertz CT molecular complexity index is 444. The molecule has 1 aliphatic heterocycles. The molecule has 0 aromatic heterocycles. The minimum atomic E-state index is -0.454. The van der Waals surface area contributed by atoms with Gasteiger partial charge in [-0.1, -0.05) is 61.8 Å². The van der Waals surface area contributed by atoms with Gasteiger partial charge in [-0.2, -0.15) is 0 Å². The molecule has 1 rings (SSSR count). The van der Waals surface area contributed by atoms with Crippen LogP contribution in [0.5, 0.6) is 0 Å². The van der Waals surface area contributed by atoms with Crippen molar-refractivity contribution >= 4 is 18.3 Å². The zero-order valence-corrected chi connectivity index (χ0v) is 19.1. The Hall–Kier alpha value is -1.59. The molecule has 1 unspecified atom stereocenters. The van der Waals surface area contributed by atoms with Crippen molar-refractivity contribution in [2.75, 3.05) is 13.7 Å². The average Bonchev–Trinajstić information content (AvgIpc) is 2.90. The van der Waals surface area contributed by atoms with Gasteiger partial charge in [0.25, 0.3) is 6.47 Å². The third kappa shape index (κ3) is 11.0. The summed E-state index contributed by atoms with van der Waals surface area (Å²) in [5, 5.41) is 2.94. The highest BCUT2D eigenvalue weighted by Crippen LogP contribution is 2.27. The van der Waals surface area contributed by atoms with Gasteiger partial charge in [0.2, 0.25) is 11.8 Å². The molecule has 0 aromatic rings. The number of ether oxygens (including phenoxy) is 1. The smallest absolute Gasteiger partial charge is 0.292 e. The second kappa shape index (κ2) is 13.6. The second-order valence-corrected chi connectivity index (χ2v) is 8.68. The van der Waals surface area contributed by atoms with E-state index in [9.17, 15) is 9.59 Å². The molecule has 160 valence electrons. The van der Waals surface area contributed by atoms with E-state index in [1.165, 1.54) is 13.5 Å². The van der Waals surface area contributed by atoms with Crippen LogP contribution in [0.3, 0.4) is 0 Å². The molecular weight excluding hydrogens is 344 g/mol. The lowest BCUT2D eigenvalue weighted by Crippen LogP contribution is -2.56. The molecule has 1 N–H and O–H groups in total. The fourth-order valence-electron chi connectivity index (χ4n) is 2.73. The van der Waals surface area contributed by atoms with E-state index in [1.807, 2.05) is 39.5 Å².